The van der Waals surface area contributed by atoms with Gasteiger partial charge in [0.15, 0.2) is 5.78 Å². The monoisotopic (exact) mass is 458 g/mol. The highest BCUT2D eigenvalue weighted by molar-refractivity contribution is 6.03. The van der Waals surface area contributed by atoms with Crippen LogP contribution >= 0.6 is 0 Å². The van der Waals surface area contributed by atoms with Gasteiger partial charge in [0.05, 0.1) is 34.8 Å². The molecule has 0 aliphatic heterocycles. The lowest BCUT2D eigenvalue weighted by molar-refractivity contribution is -0.143. The molecule has 12 heteroatoms. The summed E-state index contributed by atoms with van der Waals surface area (Å²) >= 11 is 0. The van der Waals surface area contributed by atoms with Crippen LogP contribution in [0.3, 0.4) is 0 Å². The van der Waals surface area contributed by atoms with E-state index in [1.807, 2.05) is 0 Å². The smallest absolute Gasteiger partial charge is 0.388 e. The first-order chi connectivity index (χ1) is 14.0. The first-order valence-corrected chi connectivity index (χ1v) is 8.42. The van der Waals surface area contributed by atoms with Crippen molar-refractivity contribution < 1.29 is 54.5 Å². The zero-order chi connectivity index (χ0) is 23.5. The molecular weight excluding hydrogens is 447 g/mol. The third-order valence-corrected chi connectivity index (χ3v) is 4.90. The molecule has 0 saturated carbocycles. The Labute approximate surface area is 167 Å². The Balaban J connectivity index is 2.07. The van der Waals surface area contributed by atoms with Crippen molar-refractivity contribution in [2.75, 3.05) is 0 Å². The van der Waals surface area contributed by atoms with Gasteiger partial charge in [0.25, 0.3) is 0 Å². The standard InChI is InChI=1S/C19H11F9O3/c20-17(21,22)8-1-2-11-12(6-8)16(31)13(15(11)30)14(29)7-3-9(18(23,24)25)5-10(4-7)19(26,27)28/h1-6,13-14,16,29,31H. The molecule has 0 aromatic heterocycles. The second-order valence-electron chi connectivity index (χ2n) is 6.92. The van der Waals surface area contributed by atoms with Crippen molar-refractivity contribution in [2.45, 2.75) is 30.7 Å². The van der Waals surface area contributed by atoms with Crippen LogP contribution in [0.1, 0.15) is 50.4 Å². The Kier molecular flexibility index (Phi) is 5.38. The molecule has 1 aliphatic rings. The number of carbonyl (C=O) groups is 1. The molecule has 3 nitrogen and oxygen atoms in total. The fourth-order valence-electron chi connectivity index (χ4n) is 3.40. The van der Waals surface area contributed by atoms with Gasteiger partial charge in [0.2, 0.25) is 0 Å². The maximum Gasteiger partial charge on any atom is 0.416 e. The lowest BCUT2D eigenvalue weighted by atomic mass is 9.88. The Morgan fingerprint density at radius 2 is 1.23 bits per heavy atom. The van der Waals surface area contributed by atoms with E-state index < -0.39 is 75.8 Å². The molecular formula is C19H11F9O3. The van der Waals surface area contributed by atoms with Crippen LogP contribution in [-0.4, -0.2) is 16.0 Å². The summed E-state index contributed by atoms with van der Waals surface area (Å²) in [4.78, 5) is 12.5. The van der Waals surface area contributed by atoms with Crippen LogP contribution in [-0.2, 0) is 18.5 Å². The summed E-state index contributed by atoms with van der Waals surface area (Å²) in [5.41, 5.74) is -6.67. The lowest BCUT2D eigenvalue weighted by Gasteiger charge is -2.23. The molecule has 168 valence electrons. The zero-order valence-electron chi connectivity index (χ0n) is 14.9. The molecule has 2 aromatic rings. The molecule has 0 amide bonds. The van der Waals surface area contributed by atoms with E-state index in [4.69, 9.17) is 0 Å². The van der Waals surface area contributed by atoms with Crippen molar-refractivity contribution >= 4 is 5.78 Å². The molecule has 0 fully saturated rings. The maximum absolute atomic E-state index is 13.0. The van der Waals surface area contributed by atoms with Crippen molar-refractivity contribution in [2.24, 2.45) is 5.92 Å². The second kappa shape index (κ2) is 7.23. The fraction of sp³-hybridized carbons (Fsp3) is 0.316. The highest BCUT2D eigenvalue weighted by atomic mass is 19.4. The number of hydrogen-bond donors (Lipinski definition) is 2. The number of halogens is 9. The third kappa shape index (κ3) is 4.26. The van der Waals surface area contributed by atoms with Gasteiger partial charge in [-0.3, -0.25) is 4.79 Å². The van der Waals surface area contributed by atoms with Crippen molar-refractivity contribution in [3.63, 3.8) is 0 Å². The molecule has 0 radical (unpaired) electrons. The highest BCUT2D eigenvalue weighted by Crippen LogP contribution is 2.46. The summed E-state index contributed by atoms with van der Waals surface area (Å²) in [6.07, 6.45) is -19.7. The summed E-state index contributed by atoms with van der Waals surface area (Å²) in [6, 6.07) is 1.88. The molecule has 3 rings (SSSR count). The molecule has 0 bridgehead atoms. The largest absolute Gasteiger partial charge is 0.416 e. The first-order valence-electron chi connectivity index (χ1n) is 8.42. The quantitative estimate of drug-likeness (QED) is 0.599. The second-order valence-corrected chi connectivity index (χ2v) is 6.92. The van der Waals surface area contributed by atoms with Crippen LogP contribution in [0.5, 0.6) is 0 Å². The van der Waals surface area contributed by atoms with Crippen molar-refractivity contribution in [3.8, 4) is 0 Å². The SMILES string of the molecule is O=C1c2ccc(C(F)(F)F)cc2C(O)C1C(O)c1cc(C(F)(F)F)cc(C(F)(F)F)c1. The Bertz CT molecular complexity index is 989. The van der Waals surface area contributed by atoms with Gasteiger partial charge in [-0.15, -0.1) is 0 Å². The summed E-state index contributed by atoms with van der Waals surface area (Å²) in [7, 11) is 0. The molecule has 31 heavy (non-hydrogen) atoms. The van der Waals surface area contributed by atoms with E-state index in [1.165, 1.54) is 0 Å². The predicted octanol–water partition coefficient (Wildman–Crippen LogP) is 5.32. The molecule has 0 saturated heterocycles. The third-order valence-electron chi connectivity index (χ3n) is 4.90. The molecule has 2 aromatic carbocycles. The minimum atomic E-state index is -5.22. The number of hydrogen-bond acceptors (Lipinski definition) is 3. The maximum atomic E-state index is 13.0. The molecule has 2 N–H and O–H groups in total. The number of aliphatic hydroxyl groups excluding tert-OH is 2. The van der Waals surface area contributed by atoms with E-state index in [0.29, 0.717) is 12.1 Å². The number of ketones is 1. The molecule has 3 unspecified atom stereocenters. The minimum Gasteiger partial charge on any atom is -0.388 e. The van der Waals surface area contributed by atoms with Crippen LogP contribution < -0.4 is 0 Å². The van der Waals surface area contributed by atoms with E-state index >= 15 is 0 Å². The molecule has 0 spiro atoms. The van der Waals surface area contributed by atoms with Gasteiger partial charge in [-0.25, -0.2) is 0 Å². The number of rotatable bonds is 2. The van der Waals surface area contributed by atoms with E-state index in [9.17, 15) is 54.5 Å². The Morgan fingerprint density at radius 1 is 0.742 bits per heavy atom. The van der Waals surface area contributed by atoms with Crippen LogP contribution in [0.15, 0.2) is 36.4 Å². The topological polar surface area (TPSA) is 57.5 Å². The van der Waals surface area contributed by atoms with E-state index in [0.717, 1.165) is 6.07 Å². The van der Waals surface area contributed by atoms with Crippen molar-refractivity contribution in [1.29, 1.82) is 0 Å². The molecule has 1 aliphatic carbocycles. The number of benzene rings is 2. The van der Waals surface area contributed by atoms with Gasteiger partial charge in [-0.05, 0) is 41.5 Å². The lowest BCUT2D eigenvalue weighted by Crippen LogP contribution is -2.23. The van der Waals surface area contributed by atoms with Crippen LogP contribution in [0.4, 0.5) is 39.5 Å². The highest BCUT2D eigenvalue weighted by Gasteiger charge is 2.46. The summed E-state index contributed by atoms with van der Waals surface area (Å²) < 4.78 is 117. The zero-order valence-corrected chi connectivity index (χ0v) is 14.9. The van der Waals surface area contributed by atoms with Crippen molar-refractivity contribution in [1.82, 2.24) is 0 Å². The van der Waals surface area contributed by atoms with Gasteiger partial charge < -0.3 is 10.2 Å². The average molecular weight is 458 g/mol. The normalized spacial score (nSPS) is 20.7. The van der Waals surface area contributed by atoms with E-state index in [2.05, 4.69) is 0 Å². The van der Waals surface area contributed by atoms with Crippen LogP contribution in [0.25, 0.3) is 0 Å². The summed E-state index contributed by atoms with van der Waals surface area (Å²) in [5, 5.41) is 20.7. The van der Waals surface area contributed by atoms with E-state index in [-0.39, 0.29) is 18.2 Å². The van der Waals surface area contributed by atoms with Crippen molar-refractivity contribution in [3.05, 3.63) is 69.8 Å². The number of aliphatic hydroxyl groups is 2. The van der Waals surface area contributed by atoms with Gasteiger partial charge in [-0.2, -0.15) is 39.5 Å². The Hall–Kier alpha value is -2.60. The number of fused-ring (bicyclic) bond motifs is 1. The molecule has 3 atom stereocenters. The van der Waals surface area contributed by atoms with Gasteiger partial charge in [-0.1, -0.05) is 6.07 Å². The summed E-state index contributed by atoms with van der Waals surface area (Å²) in [5.74, 6) is -3.11. The van der Waals surface area contributed by atoms with Gasteiger partial charge in [0.1, 0.15) is 0 Å². The van der Waals surface area contributed by atoms with Crippen LogP contribution in [0.2, 0.25) is 0 Å². The van der Waals surface area contributed by atoms with Crippen LogP contribution in [0, 0.1) is 5.92 Å². The molecule has 0 heterocycles. The predicted molar refractivity (Wildman–Crippen MR) is 85.6 cm³/mol. The minimum absolute atomic E-state index is 0.185. The first kappa shape index (κ1) is 23.1. The average Bonchev–Trinajstić information content (AvgIpc) is 2.89. The van der Waals surface area contributed by atoms with E-state index in [1.54, 1.807) is 0 Å². The van der Waals surface area contributed by atoms with Gasteiger partial charge >= 0.3 is 18.5 Å². The number of alkyl halides is 9. The van der Waals surface area contributed by atoms with Gasteiger partial charge in [0, 0.05) is 5.56 Å². The number of carbonyl (C=O) groups excluding carboxylic acids is 1. The summed E-state index contributed by atoms with van der Waals surface area (Å²) in [6.45, 7) is 0. The number of Topliss-reactive ketones (excluding diaryl/α,β-unsaturated/α-hetero) is 1. The Morgan fingerprint density at radius 3 is 1.68 bits per heavy atom. The fourth-order valence-corrected chi connectivity index (χ4v) is 3.40.